The first-order chi connectivity index (χ1) is 11.3. The van der Waals surface area contributed by atoms with E-state index in [0.717, 1.165) is 35.6 Å². The van der Waals surface area contributed by atoms with Gasteiger partial charge in [0.15, 0.2) is 0 Å². The van der Waals surface area contributed by atoms with Crippen LogP contribution in [0.2, 0.25) is 0 Å². The number of hydrogen-bond donors (Lipinski definition) is 1. The molecule has 1 N–H and O–H groups in total. The minimum Gasteiger partial charge on any atom is -0.326 e. The van der Waals surface area contributed by atoms with Gasteiger partial charge in [-0.15, -0.1) is 0 Å². The van der Waals surface area contributed by atoms with E-state index >= 15 is 0 Å². The Hall–Kier alpha value is -1.94. The number of carbonyl (C=O) groups excluding carboxylic acids is 1. The third-order valence-corrected chi connectivity index (χ3v) is 5.96. The minimum atomic E-state index is 0.201. The number of piperidine rings is 3. The maximum atomic E-state index is 12.9. The quantitative estimate of drug-likeness (QED) is 0.928. The van der Waals surface area contributed by atoms with Crippen LogP contribution in [-0.4, -0.2) is 35.4 Å². The van der Waals surface area contributed by atoms with Crippen LogP contribution in [0.1, 0.15) is 12.8 Å². The van der Waals surface area contributed by atoms with Crippen LogP contribution in [0.5, 0.6) is 0 Å². The Balaban J connectivity index is 1.38. The molecule has 4 fully saturated rings. The first-order valence-corrected chi connectivity index (χ1v) is 8.64. The maximum Gasteiger partial charge on any atom is 0.228 e. The van der Waals surface area contributed by atoms with Gasteiger partial charge in [0.2, 0.25) is 5.91 Å². The SMILES string of the molecule is O=C(Nc1ccc2ncccc2c1)C1C2CC3CC1CN(C3)C2. The lowest BCUT2D eigenvalue weighted by Crippen LogP contribution is -2.60. The molecule has 4 heteroatoms. The van der Waals surface area contributed by atoms with Gasteiger partial charge in [0.1, 0.15) is 0 Å². The Labute approximate surface area is 135 Å². The second-order valence-corrected chi connectivity index (χ2v) is 7.50. The number of carbonyl (C=O) groups is 1. The molecule has 1 aromatic carbocycles. The van der Waals surface area contributed by atoms with E-state index in [1.165, 1.54) is 19.4 Å². The molecule has 4 bridgehead atoms. The zero-order chi connectivity index (χ0) is 15.4. The zero-order valence-corrected chi connectivity index (χ0v) is 13.1. The Morgan fingerprint density at radius 1 is 1.13 bits per heavy atom. The summed E-state index contributed by atoms with van der Waals surface area (Å²) in [5.41, 5.74) is 1.86. The molecule has 118 valence electrons. The molecular weight excluding hydrogens is 286 g/mol. The summed E-state index contributed by atoms with van der Waals surface area (Å²) in [6, 6.07) is 9.94. The molecule has 1 aromatic heterocycles. The van der Waals surface area contributed by atoms with Gasteiger partial charge in [0.25, 0.3) is 0 Å². The highest BCUT2D eigenvalue weighted by molar-refractivity contribution is 5.95. The number of hydrogen-bond acceptors (Lipinski definition) is 3. The van der Waals surface area contributed by atoms with Gasteiger partial charge in [0, 0.05) is 42.8 Å². The van der Waals surface area contributed by atoms with E-state index in [1.807, 2.05) is 30.3 Å². The number of anilines is 1. The summed E-state index contributed by atoms with van der Waals surface area (Å²) in [5, 5.41) is 4.25. The van der Waals surface area contributed by atoms with Gasteiger partial charge in [-0.1, -0.05) is 6.07 Å². The molecule has 2 aromatic rings. The highest BCUT2D eigenvalue weighted by Crippen LogP contribution is 2.47. The number of fused-ring (bicyclic) bond motifs is 1. The fourth-order valence-electron chi connectivity index (χ4n) is 5.22. The number of nitrogens with zero attached hydrogens (tertiary/aromatic N) is 2. The third kappa shape index (κ3) is 2.24. The maximum absolute atomic E-state index is 12.9. The van der Waals surface area contributed by atoms with Crippen LogP contribution < -0.4 is 5.32 Å². The lowest BCUT2D eigenvalue weighted by atomic mass is 9.61. The van der Waals surface area contributed by atoms with Crippen LogP contribution in [-0.2, 0) is 4.79 Å². The van der Waals surface area contributed by atoms with Crippen molar-refractivity contribution >= 4 is 22.5 Å². The van der Waals surface area contributed by atoms with Crippen molar-refractivity contribution < 1.29 is 4.79 Å². The summed E-state index contributed by atoms with van der Waals surface area (Å²) < 4.78 is 0. The van der Waals surface area contributed by atoms with E-state index in [4.69, 9.17) is 0 Å². The van der Waals surface area contributed by atoms with Crippen molar-refractivity contribution in [3.05, 3.63) is 36.5 Å². The molecule has 0 spiro atoms. The largest absolute Gasteiger partial charge is 0.326 e. The summed E-state index contributed by atoms with van der Waals surface area (Å²) in [6.07, 6.45) is 4.28. The van der Waals surface area contributed by atoms with Crippen LogP contribution >= 0.6 is 0 Å². The van der Waals surface area contributed by atoms with Gasteiger partial charge < -0.3 is 10.2 Å². The van der Waals surface area contributed by atoms with E-state index in [1.54, 1.807) is 6.20 Å². The number of aromatic nitrogens is 1. The van der Waals surface area contributed by atoms with E-state index in [9.17, 15) is 4.79 Å². The van der Waals surface area contributed by atoms with Crippen molar-refractivity contribution in [2.75, 3.05) is 25.0 Å². The number of pyridine rings is 1. The third-order valence-electron chi connectivity index (χ3n) is 5.96. The fraction of sp³-hybridized carbons (Fsp3) is 0.474. The molecule has 4 aliphatic rings. The molecule has 0 radical (unpaired) electrons. The zero-order valence-electron chi connectivity index (χ0n) is 13.1. The minimum absolute atomic E-state index is 0.201. The Morgan fingerprint density at radius 3 is 2.74 bits per heavy atom. The van der Waals surface area contributed by atoms with Crippen molar-refractivity contribution in [1.29, 1.82) is 0 Å². The van der Waals surface area contributed by atoms with E-state index in [-0.39, 0.29) is 11.8 Å². The van der Waals surface area contributed by atoms with Gasteiger partial charge in [-0.25, -0.2) is 0 Å². The normalized spacial score (nSPS) is 34.7. The first-order valence-electron chi connectivity index (χ1n) is 8.64. The Bertz CT molecular complexity index is 744. The van der Waals surface area contributed by atoms with Crippen LogP contribution in [0.4, 0.5) is 5.69 Å². The molecule has 4 nitrogen and oxygen atoms in total. The number of rotatable bonds is 2. The molecule has 23 heavy (non-hydrogen) atoms. The van der Waals surface area contributed by atoms with Crippen molar-refractivity contribution in [3.8, 4) is 0 Å². The molecule has 3 saturated heterocycles. The molecule has 3 aliphatic heterocycles. The number of nitrogens with one attached hydrogen (secondary N) is 1. The molecule has 1 saturated carbocycles. The molecular formula is C19H21N3O. The second kappa shape index (κ2) is 5.03. The van der Waals surface area contributed by atoms with E-state index in [0.29, 0.717) is 11.8 Å². The molecule has 2 atom stereocenters. The lowest BCUT2D eigenvalue weighted by Gasteiger charge is -2.55. The van der Waals surface area contributed by atoms with Crippen molar-refractivity contribution in [3.63, 3.8) is 0 Å². The predicted molar refractivity (Wildman–Crippen MR) is 90.0 cm³/mol. The van der Waals surface area contributed by atoms with Crippen LogP contribution in [0.3, 0.4) is 0 Å². The van der Waals surface area contributed by atoms with Crippen LogP contribution in [0, 0.1) is 23.7 Å². The first kappa shape index (κ1) is 13.5. The predicted octanol–water partition coefficient (Wildman–Crippen LogP) is 2.76. The highest BCUT2D eigenvalue weighted by Gasteiger charge is 2.50. The summed E-state index contributed by atoms with van der Waals surface area (Å²) in [5.74, 6) is 2.38. The smallest absolute Gasteiger partial charge is 0.228 e. The van der Waals surface area contributed by atoms with Crippen LogP contribution in [0.15, 0.2) is 36.5 Å². The number of benzene rings is 1. The summed E-state index contributed by atoms with van der Waals surface area (Å²) in [4.78, 5) is 19.8. The molecule has 1 aliphatic carbocycles. The molecule has 6 rings (SSSR count). The van der Waals surface area contributed by atoms with Gasteiger partial charge in [-0.05, 0) is 54.9 Å². The highest BCUT2D eigenvalue weighted by atomic mass is 16.1. The topological polar surface area (TPSA) is 45.2 Å². The summed E-state index contributed by atoms with van der Waals surface area (Å²) in [6.45, 7) is 3.50. The standard InChI is InChI=1S/C19H21N3O/c23-19(18-14-6-12-7-15(18)11-22(9-12)10-14)21-16-3-4-17-13(8-16)2-1-5-20-17/h1-5,8,12,14-15,18H,6-7,9-11H2,(H,21,23). The second-order valence-electron chi connectivity index (χ2n) is 7.50. The van der Waals surface area contributed by atoms with E-state index in [2.05, 4.69) is 15.2 Å². The van der Waals surface area contributed by atoms with Crippen molar-refractivity contribution in [2.45, 2.75) is 12.8 Å². The summed E-state index contributed by atoms with van der Waals surface area (Å²) in [7, 11) is 0. The fourth-order valence-corrected chi connectivity index (χ4v) is 5.22. The van der Waals surface area contributed by atoms with Crippen LogP contribution in [0.25, 0.3) is 10.9 Å². The average molecular weight is 307 g/mol. The number of amides is 1. The Kier molecular flexibility index (Phi) is 2.95. The average Bonchev–Trinajstić information content (AvgIpc) is 2.53. The van der Waals surface area contributed by atoms with Gasteiger partial charge in [-0.2, -0.15) is 0 Å². The summed E-state index contributed by atoms with van der Waals surface area (Å²) >= 11 is 0. The van der Waals surface area contributed by atoms with Crippen molar-refractivity contribution in [2.24, 2.45) is 23.7 Å². The van der Waals surface area contributed by atoms with Crippen molar-refractivity contribution in [1.82, 2.24) is 9.88 Å². The van der Waals surface area contributed by atoms with Gasteiger partial charge >= 0.3 is 0 Å². The molecule has 2 unspecified atom stereocenters. The Morgan fingerprint density at radius 2 is 1.96 bits per heavy atom. The molecule has 4 heterocycles. The lowest BCUT2D eigenvalue weighted by molar-refractivity contribution is -0.135. The molecule has 1 amide bonds. The van der Waals surface area contributed by atoms with Gasteiger partial charge in [-0.3, -0.25) is 9.78 Å². The monoisotopic (exact) mass is 307 g/mol. The van der Waals surface area contributed by atoms with E-state index < -0.39 is 0 Å². The van der Waals surface area contributed by atoms with Gasteiger partial charge in [0.05, 0.1) is 5.52 Å².